The molecule has 19 heavy (non-hydrogen) atoms. The van der Waals surface area contributed by atoms with Gasteiger partial charge in [-0.2, -0.15) is 5.10 Å². The molecule has 1 amide bonds. The number of carbonyl (C=O) groups excluding carboxylic acids is 1. The van der Waals surface area contributed by atoms with Gasteiger partial charge in [-0.15, -0.1) is 0 Å². The van der Waals surface area contributed by atoms with E-state index >= 15 is 0 Å². The van der Waals surface area contributed by atoms with Gasteiger partial charge in [-0.05, 0) is 52.8 Å². The topological polar surface area (TPSA) is 41.5 Å². The summed E-state index contributed by atoms with van der Waals surface area (Å²) in [6.45, 7) is 2.00. The van der Waals surface area contributed by atoms with E-state index in [0.717, 1.165) is 14.7 Å². The standard InChI is InChI=1S/C15H13IN2O/c1-11-6-2-3-7-12(11)10-17-18-15(19)13-8-4-5-9-14(13)16/h2-10H,1H3,(H,18,19)/b17-10+. The zero-order valence-corrected chi connectivity index (χ0v) is 12.6. The van der Waals surface area contributed by atoms with Crippen LogP contribution in [0.5, 0.6) is 0 Å². The zero-order chi connectivity index (χ0) is 13.7. The number of halogens is 1. The van der Waals surface area contributed by atoms with Gasteiger partial charge in [0.25, 0.3) is 5.91 Å². The summed E-state index contributed by atoms with van der Waals surface area (Å²) in [6.07, 6.45) is 1.66. The summed E-state index contributed by atoms with van der Waals surface area (Å²) < 4.78 is 0.906. The van der Waals surface area contributed by atoms with Crippen LogP contribution in [0.4, 0.5) is 0 Å². The van der Waals surface area contributed by atoms with Crippen molar-refractivity contribution in [3.05, 3.63) is 68.8 Å². The van der Waals surface area contributed by atoms with E-state index in [9.17, 15) is 4.79 Å². The molecular formula is C15H13IN2O. The molecule has 0 heterocycles. The van der Waals surface area contributed by atoms with Crippen molar-refractivity contribution in [2.45, 2.75) is 6.92 Å². The Morgan fingerprint density at radius 2 is 1.84 bits per heavy atom. The van der Waals surface area contributed by atoms with Crippen LogP contribution in [0, 0.1) is 10.5 Å². The lowest BCUT2D eigenvalue weighted by molar-refractivity contribution is 0.0954. The lowest BCUT2D eigenvalue weighted by Gasteiger charge is -2.02. The minimum Gasteiger partial charge on any atom is -0.267 e. The fourth-order valence-electron chi connectivity index (χ4n) is 1.60. The summed E-state index contributed by atoms with van der Waals surface area (Å²) in [5.74, 6) is -0.199. The van der Waals surface area contributed by atoms with Crippen LogP contribution in [-0.4, -0.2) is 12.1 Å². The Morgan fingerprint density at radius 3 is 2.58 bits per heavy atom. The number of rotatable bonds is 3. The molecule has 2 aromatic carbocycles. The molecule has 0 spiro atoms. The van der Waals surface area contributed by atoms with Gasteiger partial charge in [-0.1, -0.05) is 36.4 Å². The number of hydrogen-bond acceptors (Lipinski definition) is 2. The highest BCUT2D eigenvalue weighted by Crippen LogP contribution is 2.11. The summed E-state index contributed by atoms with van der Waals surface area (Å²) in [6, 6.07) is 15.3. The average Bonchev–Trinajstić information content (AvgIpc) is 2.41. The molecule has 0 atom stereocenters. The number of benzene rings is 2. The van der Waals surface area contributed by atoms with Crippen molar-refractivity contribution in [1.82, 2.24) is 5.43 Å². The third-order valence-electron chi connectivity index (χ3n) is 2.68. The van der Waals surface area contributed by atoms with Crippen LogP contribution in [0.25, 0.3) is 0 Å². The molecule has 2 aromatic rings. The SMILES string of the molecule is Cc1ccccc1/C=N/NC(=O)c1ccccc1I. The molecule has 0 fully saturated rings. The molecule has 2 rings (SSSR count). The van der Waals surface area contributed by atoms with Crippen molar-refractivity contribution in [3.8, 4) is 0 Å². The van der Waals surface area contributed by atoms with Gasteiger partial charge in [0, 0.05) is 3.57 Å². The number of hydrogen-bond donors (Lipinski definition) is 1. The number of carbonyl (C=O) groups is 1. The third-order valence-corrected chi connectivity index (χ3v) is 3.62. The molecule has 4 heteroatoms. The van der Waals surface area contributed by atoms with Crippen LogP contribution in [0.15, 0.2) is 53.6 Å². The lowest BCUT2D eigenvalue weighted by Crippen LogP contribution is -2.18. The largest absolute Gasteiger partial charge is 0.272 e. The first-order valence-electron chi connectivity index (χ1n) is 5.82. The highest BCUT2D eigenvalue weighted by molar-refractivity contribution is 14.1. The first-order chi connectivity index (χ1) is 9.18. The normalized spacial score (nSPS) is 10.6. The van der Waals surface area contributed by atoms with Crippen molar-refractivity contribution in [1.29, 1.82) is 0 Å². The second-order valence-corrected chi connectivity index (χ2v) is 5.20. The van der Waals surface area contributed by atoms with E-state index < -0.39 is 0 Å². The Kier molecular flexibility index (Phi) is 4.68. The van der Waals surface area contributed by atoms with E-state index in [0.29, 0.717) is 5.56 Å². The minimum absolute atomic E-state index is 0.199. The second-order valence-electron chi connectivity index (χ2n) is 4.04. The molecule has 0 bridgehead atoms. The second kappa shape index (κ2) is 6.47. The van der Waals surface area contributed by atoms with Crippen molar-refractivity contribution >= 4 is 34.7 Å². The summed E-state index contributed by atoms with van der Waals surface area (Å²) in [5, 5.41) is 3.99. The van der Waals surface area contributed by atoms with Gasteiger partial charge in [0.15, 0.2) is 0 Å². The number of aryl methyl sites for hydroxylation is 1. The zero-order valence-electron chi connectivity index (χ0n) is 10.4. The molecular weight excluding hydrogens is 351 g/mol. The molecule has 0 aliphatic heterocycles. The maximum atomic E-state index is 11.9. The maximum absolute atomic E-state index is 11.9. The third kappa shape index (κ3) is 3.64. The van der Waals surface area contributed by atoms with Crippen molar-refractivity contribution in [3.63, 3.8) is 0 Å². The highest BCUT2D eigenvalue weighted by atomic mass is 127. The van der Waals surface area contributed by atoms with Crippen LogP contribution in [0.1, 0.15) is 21.5 Å². The van der Waals surface area contributed by atoms with Gasteiger partial charge in [-0.25, -0.2) is 5.43 Å². The fourth-order valence-corrected chi connectivity index (χ4v) is 2.23. The van der Waals surface area contributed by atoms with E-state index in [1.54, 1.807) is 12.3 Å². The number of hydrazone groups is 1. The molecule has 1 N–H and O–H groups in total. The molecule has 96 valence electrons. The summed E-state index contributed by atoms with van der Waals surface area (Å²) in [4.78, 5) is 11.9. The van der Waals surface area contributed by atoms with Crippen LogP contribution < -0.4 is 5.43 Å². The van der Waals surface area contributed by atoms with Gasteiger partial charge in [0.2, 0.25) is 0 Å². The highest BCUT2D eigenvalue weighted by Gasteiger charge is 2.07. The van der Waals surface area contributed by atoms with Crippen LogP contribution in [-0.2, 0) is 0 Å². The Hall–Kier alpha value is -1.69. The first-order valence-corrected chi connectivity index (χ1v) is 6.90. The number of nitrogens with one attached hydrogen (secondary N) is 1. The molecule has 3 nitrogen and oxygen atoms in total. The molecule has 0 radical (unpaired) electrons. The molecule has 0 aromatic heterocycles. The minimum atomic E-state index is -0.199. The van der Waals surface area contributed by atoms with E-state index in [4.69, 9.17) is 0 Å². The number of amides is 1. The molecule has 0 saturated carbocycles. The first kappa shape index (κ1) is 13.7. The Morgan fingerprint density at radius 1 is 1.16 bits per heavy atom. The molecule has 0 saturated heterocycles. The summed E-state index contributed by atoms with van der Waals surface area (Å²) >= 11 is 2.13. The average molecular weight is 364 g/mol. The van der Waals surface area contributed by atoms with E-state index in [1.807, 2.05) is 49.4 Å². The van der Waals surface area contributed by atoms with Crippen molar-refractivity contribution in [2.75, 3.05) is 0 Å². The summed E-state index contributed by atoms with van der Waals surface area (Å²) in [5.41, 5.74) is 5.28. The monoisotopic (exact) mass is 364 g/mol. The number of nitrogens with zero attached hydrogens (tertiary/aromatic N) is 1. The molecule has 0 unspecified atom stereocenters. The van der Waals surface area contributed by atoms with Crippen molar-refractivity contribution in [2.24, 2.45) is 5.10 Å². The van der Waals surface area contributed by atoms with Gasteiger partial charge in [0.1, 0.15) is 0 Å². The van der Waals surface area contributed by atoms with Crippen molar-refractivity contribution < 1.29 is 4.79 Å². The van der Waals surface area contributed by atoms with Crippen LogP contribution >= 0.6 is 22.6 Å². The fraction of sp³-hybridized carbons (Fsp3) is 0.0667. The van der Waals surface area contributed by atoms with Gasteiger partial charge in [0.05, 0.1) is 11.8 Å². The van der Waals surface area contributed by atoms with E-state index in [1.165, 1.54) is 0 Å². The lowest BCUT2D eigenvalue weighted by atomic mass is 10.1. The smallest absolute Gasteiger partial charge is 0.267 e. The van der Waals surface area contributed by atoms with Crippen LogP contribution in [0.2, 0.25) is 0 Å². The van der Waals surface area contributed by atoms with E-state index in [-0.39, 0.29) is 5.91 Å². The Bertz CT molecular complexity index is 623. The van der Waals surface area contributed by atoms with Gasteiger partial charge in [-0.3, -0.25) is 4.79 Å². The van der Waals surface area contributed by atoms with Gasteiger partial charge < -0.3 is 0 Å². The predicted molar refractivity (Wildman–Crippen MR) is 85.4 cm³/mol. The van der Waals surface area contributed by atoms with E-state index in [2.05, 4.69) is 33.1 Å². The molecule has 0 aliphatic rings. The van der Waals surface area contributed by atoms with Gasteiger partial charge >= 0.3 is 0 Å². The van der Waals surface area contributed by atoms with Crippen LogP contribution in [0.3, 0.4) is 0 Å². The molecule has 0 aliphatic carbocycles. The Labute approximate surface area is 125 Å². The summed E-state index contributed by atoms with van der Waals surface area (Å²) in [7, 11) is 0. The predicted octanol–water partition coefficient (Wildman–Crippen LogP) is 3.36. The Balaban J connectivity index is 2.06. The maximum Gasteiger partial charge on any atom is 0.272 e. The quantitative estimate of drug-likeness (QED) is 0.507.